The van der Waals surface area contributed by atoms with Crippen LogP contribution < -0.4 is 0 Å². The third-order valence-electron chi connectivity index (χ3n) is 4.07. The highest BCUT2D eigenvalue weighted by Crippen LogP contribution is 2.54. The molecule has 2 saturated heterocycles. The Balaban J connectivity index is 2.47. The molecule has 2 rings (SSSR count). The maximum absolute atomic E-state index is 11.1. The molecule has 7 heteroatoms. The van der Waals surface area contributed by atoms with Crippen molar-refractivity contribution in [1.82, 2.24) is 0 Å². The van der Waals surface area contributed by atoms with Crippen molar-refractivity contribution in [2.45, 2.75) is 35.9 Å². The number of hydrogen-bond donors (Lipinski definition) is 4. The summed E-state index contributed by atoms with van der Waals surface area (Å²) in [6, 6.07) is 0. The minimum absolute atomic E-state index is 0.126. The van der Waals surface area contributed by atoms with Crippen LogP contribution in [0.25, 0.3) is 0 Å². The predicted octanol–water partition coefficient (Wildman–Crippen LogP) is -2.14. The van der Waals surface area contributed by atoms with Gasteiger partial charge in [0.1, 0.15) is 16.3 Å². The zero-order valence-corrected chi connectivity index (χ0v) is 9.76. The van der Waals surface area contributed by atoms with Gasteiger partial charge in [-0.3, -0.25) is 0 Å². The fourth-order valence-corrected chi connectivity index (χ4v) is 4.06. The first-order valence-electron chi connectivity index (χ1n) is 5.17. The molecular formula is C9H16O6S. The zero-order valence-electron chi connectivity index (χ0n) is 8.87. The van der Waals surface area contributed by atoms with Gasteiger partial charge in [-0.15, -0.1) is 0 Å². The standard InChI is InChI=1S/C9H16O6S/c1-5-7(12)9(4-11)6(16(13)14)2-8(5,3-10)15-9/h5-7,10-12,16H,2-4H2,1H3. The lowest BCUT2D eigenvalue weighted by Gasteiger charge is -2.35. The molecule has 2 fully saturated rings. The van der Waals surface area contributed by atoms with E-state index in [0.29, 0.717) is 0 Å². The molecule has 5 atom stereocenters. The van der Waals surface area contributed by atoms with Gasteiger partial charge >= 0.3 is 0 Å². The summed E-state index contributed by atoms with van der Waals surface area (Å²) >= 11 is 0. The van der Waals surface area contributed by atoms with Gasteiger partial charge in [0.2, 0.25) is 0 Å². The molecule has 6 nitrogen and oxygen atoms in total. The normalized spacial score (nSPS) is 51.4. The Labute approximate surface area is 94.8 Å². The van der Waals surface area contributed by atoms with E-state index in [-0.39, 0.29) is 13.0 Å². The van der Waals surface area contributed by atoms with Crippen molar-refractivity contribution in [3.8, 4) is 0 Å². The minimum Gasteiger partial charge on any atom is -0.393 e. The predicted molar refractivity (Wildman–Crippen MR) is 54.6 cm³/mol. The van der Waals surface area contributed by atoms with Gasteiger partial charge in [-0.05, 0) is 6.42 Å². The van der Waals surface area contributed by atoms with Crippen molar-refractivity contribution >= 4 is 10.7 Å². The molecule has 2 heterocycles. The number of fused-ring (bicyclic) bond motifs is 2. The summed E-state index contributed by atoms with van der Waals surface area (Å²) in [6.45, 7) is 0.771. The van der Waals surface area contributed by atoms with Gasteiger partial charge in [-0.25, -0.2) is 8.42 Å². The molecule has 0 aromatic carbocycles. The van der Waals surface area contributed by atoms with Crippen molar-refractivity contribution in [2.75, 3.05) is 13.2 Å². The SMILES string of the molecule is CC1C(O)C2(CO)OC1(CO)CC2[SH](=O)=O. The maximum Gasteiger partial charge on any atom is 0.146 e. The molecule has 0 spiro atoms. The second-order valence-electron chi connectivity index (χ2n) is 4.68. The lowest BCUT2D eigenvalue weighted by Crippen LogP contribution is -2.55. The van der Waals surface area contributed by atoms with E-state index >= 15 is 0 Å². The molecule has 0 amide bonds. The summed E-state index contributed by atoms with van der Waals surface area (Å²) in [6.07, 6.45) is -0.947. The summed E-state index contributed by atoms with van der Waals surface area (Å²) in [5, 5.41) is 27.7. The Morgan fingerprint density at radius 1 is 1.38 bits per heavy atom. The topological polar surface area (TPSA) is 104 Å². The van der Waals surface area contributed by atoms with E-state index in [2.05, 4.69) is 0 Å². The number of hydrogen-bond acceptors (Lipinski definition) is 6. The monoisotopic (exact) mass is 252 g/mol. The van der Waals surface area contributed by atoms with E-state index in [1.807, 2.05) is 0 Å². The minimum atomic E-state index is -2.81. The number of ether oxygens (including phenoxy) is 1. The van der Waals surface area contributed by atoms with Crippen molar-refractivity contribution in [2.24, 2.45) is 5.92 Å². The summed E-state index contributed by atoms with van der Waals surface area (Å²) in [7, 11) is -2.81. The van der Waals surface area contributed by atoms with E-state index in [9.17, 15) is 23.7 Å². The third kappa shape index (κ3) is 1.23. The third-order valence-corrected chi connectivity index (χ3v) is 5.20. The van der Waals surface area contributed by atoms with Crippen LogP contribution >= 0.6 is 0 Å². The van der Waals surface area contributed by atoms with E-state index in [1.165, 1.54) is 0 Å². The molecule has 2 bridgehead atoms. The second-order valence-corrected chi connectivity index (χ2v) is 5.87. The Morgan fingerprint density at radius 3 is 2.44 bits per heavy atom. The molecule has 94 valence electrons. The highest BCUT2D eigenvalue weighted by molar-refractivity contribution is 7.73. The Kier molecular flexibility index (Phi) is 2.79. The van der Waals surface area contributed by atoms with Crippen molar-refractivity contribution in [3.63, 3.8) is 0 Å². The van der Waals surface area contributed by atoms with Crippen molar-refractivity contribution < 1.29 is 28.5 Å². The molecule has 0 aliphatic carbocycles. The smallest absolute Gasteiger partial charge is 0.146 e. The van der Waals surface area contributed by atoms with Crippen LogP contribution in [0.3, 0.4) is 0 Å². The average molecular weight is 252 g/mol. The first-order chi connectivity index (χ1) is 7.43. The number of aliphatic hydroxyl groups excluding tert-OH is 3. The van der Waals surface area contributed by atoms with E-state index in [0.717, 1.165) is 0 Å². The molecule has 0 saturated carbocycles. The number of thiol groups is 1. The van der Waals surface area contributed by atoms with E-state index < -0.39 is 45.8 Å². The average Bonchev–Trinajstić information content (AvgIpc) is 2.73. The molecule has 0 radical (unpaired) electrons. The van der Waals surface area contributed by atoms with Crippen LogP contribution in [0.4, 0.5) is 0 Å². The van der Waals surface area contributed by atoms with Crippen LogP contribution in [0.2, 0.25) is 0 Å². The molecule has 2 aliphatic heterocycles. The molecular weight excluding hydrogens is 236 g/mol. The number of aliphatic hydroxyl groups is 3. The van der Waals surface area contributed by atoms with Crippen LogP contribution in [0.1, 0.15) is 13.3 Å². The summed E-state index contributed by atoms with van der Waals surface area (Å²) in [5.41, 5.74) is -2.50. The van der Waals surface area contributed by atoms with Gasteiger partial charge in [0, 0.05) is 5.92 Å². The fraction of sp³-hybridized carbons (Fsp3) is 1.00. The van der Waals surface area contributed by atoms with Gasteiger partial charge in [0.05, 0.1) is 30.2 Å². The van der Waals surface area contributed by atoms with Crippen LogP contribution in [0.15, 0.2) is 0 Å². The molecule has 3 N–H and O–H groups in total. The van der Waals surface area contributed by atoms with Crippen molar-refractivity contribution in [1.29, 1.82) is 0 Å². The number of rotatable bonds is 3. The Morgan fingerprint density at radius 2 is 2.00 bits per heavy atom. The molecule has 0 aromatic rings. The summed E-state index contributed by atoms with van der Waals surface area (Å²) < 4.78 is 27.7. The first kappa shape index (κ1) is 12.3. The second kappa shape index (κ2) is 3.64. The van der Waals surface area contributed by atoms with E-state index in [1.54, 1.807) is 6.92 Å². The van der Waals surface area contributed by atoms with Gasteiger partial charge in [0.15, 0.2) is 0 Å². The Bertz CT molecular complexity index is 361. The van der Waals surface area contributed by atoms with E-state index in [4.69, 9.17) is 4.74 Å². The highest BCUT2D eigenvalue weighted by Gasteiger charge is 2.70. The van der Waals surface area contributed by atoms with Crippen LogP contribution in [0, 0.1) is 5.92 Å². The lowest BCUT2D eigenvalue weighted by molar-refractivity contribution is -0.113. The van der Waals surface area contributed by atoms with Gasteiger partial charge in [-0.1, -0.05) is 6.92 Å². The summed E-state index contributed by atoms with van der Waals surface area (Å²) in [4.78, 5) is 0. The molecule has 2 aliphatic rings. The zero-order chi connectivity index (χ0) is 12.1. The fourth-order valence-electron chi connectivity index (χ4n) is 2.96. The van der Waals surface area contributed by atoms with Crippen LogP contribution in [-0.4, -0.2) is 59.5 Å². The lowest BCUT2D eigenvalue weighted by atomic mass is 9.73. The molecule has 0 aromatic heterocycles. The van der Waals surface area contributed by atoms with Gasteiger partial charge < -0.3 is 20.1 Å². The highest BCUT2D eigenvalue weighted by atomic mass is 32.2. The first-order valence-corrected chi connectivity index (χ1v) is 6.41. The van der Waals surface area contributed by atoms with Crippen LogP contribution in [-0.2, 0) is 15.4 Å². The van der Waals surface area contributed by atoms with Gasteiger partial charge in [0.25, 0.3) is 0 Å². The molecule has 16 heavy (non-hydrogen) atoms. The quantitative estimate of drug-likeness (QED) is 0.427. The molecule has 5 unspecified atom stereocenters. The van der Waals surface area contributed by atoms with Crippen molar-refractivity contribution in [3.05, 3.63) is 0 Å². The Hall–Kier alpha value is -0.210. The van der Waals surface area contributed by atoms with Crippen LogP contribution in [0.5, 0.6) is 0 Å². The van der Waals surface area contributed by atoms with Gasteiger partial charge in [-0.2, -0.15) is 0 Å². The maximum atomic E-state index is 11.1. The largest absolute Gasteiger partial charge is 0.393 e. The summed E-state index contributed by atoms with van der Waals surface area (Å²) in [5.74, 6) is -0.393.